The monoisotopic (exact) mass is 404 g/mol. The Hall–Kier alpha value is -2.52. The van der Waals surface area contributed by atoms with Crippen molar-refractivity contribution >= 4 is 31.0 Å². The number of anilines is 1. The van der Waals surface area contributed by atoms with E-state index in [2.05, 4.69) is 51.4 Å². The van der Waals surface area contributed by atoms with Crippen molar-refractivity contribution in [3.05, 3.63) is 12.2 Å². The number of carbonyl (C=O) groups excluding carboxylic acids is 1. The number of nitrogens with zero attached hydrogens (tertiary/aromatic N) is 4. The zero-order valence-corrected chi connectivity index (χ0v) is 17.2. The number of hydrogen-bond acceptors (Lipinski definition) is 8. The number of nitrogen functional groups attached to an aromatic ring is 1. The lowest BCUT2D eigenvalue weighted by atomic mass is 10.1. The van der Waals surface area contributed by atoms with Crippen LogP contribution in [0.25, 0.3) is 11.2 Å². The molecule has 0 bridgehead atoms. The number of fused-ring (bicyclic) bond motifs is 1. The maximum atomic E-state index is 12.1. The highest BCUT2D eigenvalue weighted by Crippen LogP contribution is 2.32. The van der Waals surface area contributed by atoms with E-state index in [9.17, 15) is 15.0 Å². The van der Waals surface area contributed by atoms with Crippen molar-refractivity contribution in [1.29, 1.82) is 0 Å². The summed E-state index contributed by atoms with van der Waals surface area (Å²) in [6.45, 7) is 8.41. The number of likely N-dealkylation sites (N-methyl/N-ethyl adjacent to an activating group) is 1. The van der Waals surface area contributed by atoms with Crippen LogP contribution < -0.4 is 11.1 Å². The highest BCUT2D eigenvalue weighted by molar-refractivity contribution is 6.83. The molecule has 0 spiro atoms. The van der Waals surface area contributed by atoms with Gasteiger partial charge in [0.05, 0.1) is 6.33 Å². The van der Waals surface area contributed by atoms with E-state index in [1.807, 2.05) is 0 Å². The van der Waals surface area contributed by atoms with Crippen LogP contribution in [-0.4, -0.2) is 68.6 Å². The van der Waals surface area contributed by atoms with Gasteiger partial charge in [0.25, 0.3) is 5.91 Å². The minimum Gasteiger partial charge on any atom is -0.387 e. The van der Waals surface area contributed by atoms with Gasteiger partial charge in [-0.1, -0.05) is 19.6 Å². The molecule has 3 heterocycles. The Balaban J connectivity index is 2.00. The summed E-state index contributed by atoms with van der Waals surface area (Å²) in [7, 11) is -1.64. The van der Waals surface area contributed by atoms with Crippen LogP contribution in [0.5, 0.6) is 0 Å². The SMILES string of the molecule is CCNC(=O)[C@H]1O[C@@H](n2cnc3c(N)nc(C#C[Si](C)(C)C)nc32)[C@H](O)[C@@H]1O. The van der Waals surface area contributed by atoms with Crippen LogP contribution in [-0.2, 0) is 9.53 Å². The Labute approximate surface area is 163 Å². The van der Waals surface area contributed by atoms with Crippen molar-refractivity contribution in [2.45, 2.75) is 51.1 Å². The van der Waals surface area contributed by atoms with Crippen molar-refractivity contribution in [3.8, 4) is 11.5 Å². The Bertz CT molecular complexity index is 960. The van der Waals surface area contributed by atoms with Crippen LogP contribution in [0.2, 0.25) is 19.6 Å². The quantitative estimate of drug-likeness (QED) is 0.391. The van der Waals surface area contributed by atoms with Crippen LogP contribution in [0.15, 0.2) is 6.33 Å². The highest BCUT2D eigenvalue weighted by atomic mass is 28.3. The van der Waals surface area contributed by atoms with E-state index in [1.165, 1.54) is 10.9 Å². The van der Waals surface area contributed by atoms with Gasteiger partial charge in [-0.25, -0.2) is 15.0 Å². The molecule has 3 rings (SSSR count). The number of amides is 1. The van der Waals surface area contributed by atoms with Crippen molar-refractivity contribution < 1.29 is 19.7 Å². The lowest BCUT2D eigenvalue weighted by Gasteiger charge is -2.16. The first-order chi connectivity index (χ1) is 13.1. The number of nitrogens with one attached hydrogen (secondary N) is 1. The molecule has 11 heteroatoms. The summed E-state index contributed by atoms with van der Waals surface area (Å²) in [6, 6.07) is 0. The zero-order chi connectivity index (χ0) is 20.6. The highest BCUT2D eigenvalue weighted by Gasteiger charge is 2.47. The second-order valence-electron chi connectivity index (χ2n) is 7.58. The molecular weight excluding hydrogens is 380 g/mol. The molecular formula is C17H24N6O4Si. The number of rotatable bonds is 3. The van der Waals surface area contributed by atoms with Crippen LogP contribution in [0, 0.1) is 11.5 Å². The molecule has 1 aliphatic heterocycles. The molecule has 2 aromatic heterocycles. The third-order valence-electron chi connectivity index (χ3n) is 4.12. The van der Waals surface area contributed by atoms with E-state index < -0.39 is 38.5 Å². The lowest BCUT2D eigenvalue weighted by Crippen LogP contribution is -2.42. The smallest absolute Gasteiger partial charge is 0.252 e. The van der Waals surface area contributed by atoms with Crippen LogP contribution in [0.3, 0.4) is 0 Å². The molecule has 0 unspecified atom stereocenters. The van der Waals surface area contributed by atoms with E-state index in [1.54, 1.807) is 6.92 Å². The molecule has 0 saturated carbocycles. The van der Waals surface area contributed by atoms with Gasteiger partial charge in [-0.15, -0.1) is 5.54 Å². The van der Waals surface area contributed by atoms with Crippen LogP contribution in [0.1, 0.15) is 19.0 Å². The summed E-state index contributed by atoms with van der Waals surface area (Å²) in [5.41, 5.74) is 9.78. The first kappa shape index (κ1) is 20.2. The Morgan fingerprint density at radius 1 is 1.36 bits per heavy atom. The molecule has 1 amide bonds. The topological polar surface area (TPSA) is 148 Å². The van der Waals surface area contributed by atoms with Crippen molar-refractivity contribution in [1.82, 2.24) is 24.8 Å². The number of aromatic nitrogens is 4. The van der Waals surface area contributed by atoms with Gasteiger partial charge in [-0.05, 0) is 12.8 Å². The number of aliphatic hydroxyl groups excluding tert-OH is 2. The largest absolute Gasteiger partial charge is 0.387 e. The third-order valence-corrected chi connectivity index (χ3v) is 4.99. The number of imidazole rings is 1. The predicted molar refractivity (Wildman–Crippen MR) is 105 cm³/mol. The van der Waals surface area contributed by atoms with E-state index >= 15 is 0 Å². The second-order valence-corrected chi connectivity index (χ2v) is 12.3. The molecule has 5 N–H and O–H groups in total. The van der Waals surface area contributed by atoms with Crippen molar-refractivity contribution in [2.75, 3.05) is 12.3 Å². The van der Waals surface area contributed by atoms with Gasteiger partial charge in [0.2, 0.25) is 5.82 Å². The molecule has 1 fully saturated rings. The Morgan fingerprint density at radius 2 is 2.07 bits per heavy atom. The molecule has 0 aromatic carbocycles. The van der Waals surface area contributed by atoms with Gasteiger partial charge in [0, 0.05) is 6.54 Å². The predicted octanol–water partition coefficient (Wildman–Crippen LogP) is -0.607. The fraction of sp³-hybridized carbons (Fsp3) is 0.529. The first-order valence-corrected chi connectivity index (χ1v) is 12.4. The van der Waals surface area contributed by atoms with Gasteiger partial charge < -0.3 is 26.0 Å². The maximum absolute atomic E-state index is 12.1. The van der Waals surface area contributed by atoms with E-state index in [4.69, 9.17) is 10.5 Å². The number of ether oxygens (including phenoxy) is 1. The minimum absolute atomic E-state index is 0.150. The van der Waals surface area contributed by atoms with Gasteiger partial charge in [-0.3, -0.25) is 9.36 Å². The lowest BCUT2D eigenvalue weighted by molar-refractivity contribution is -0.137. The standard InChI is InChI=1S/C17H24N6O4Si/c1-5-19-16(26)13-11(24)12(25)17(27-13)23-8-20-10-14(18)21-9(22-15(10)23)6-7-28(2,3)4/h8,11-13,17,24-25H,5H2,1-4H3,(H,19,26)(H2,18,21,22)/t11-,12+,13-,17+/m0/s1. The fourth-order valence-corrected chi connectivity index (χ4v) is 3.29. The molecule has 2 aromatic rings. The zero-order valence-electron chi connectivity index (χ0n) is 16.2. The number of aliphatic hydroxyl groups is 2. The number of carbonyl (C=O) groups is 1. The summed E-state index contributed by atoms with van der Waals surface area (Å²) >= 11 is 0. The molecule has 0 radical (unpaired) electrons. The van der Waals surface area contributed by atoms with E-state index in [0.29, 0.717) is 17.7 Å². The maximum Gasteiger partial charge on any atom is 0.252 e. The molecule has 28 heavy (non-hydrogen) atoms. The van der Waals surface area contributed by atoms with E-state index in [-0.39, 0.29) is 11.6 Å². The summed E-state index contributed by atoms with van der Waals surface area (Å²) < 4.78 is 7.06. The molecule has 150 valence electrons. The molecule has 1 aliphatic rings. The molecule has 10 nitrogen and oxygen atoms in total. The summed E-state index contributed by atoms with van der Waals surface area (Å²) in [5.74, 6) is 2.83. The van der Waals surface area contributed by atoms with Gasteiger partial charge >= 0.3 is 0 Å². The molecule has 1 saturated heterocycles. The van der Waals surface area contributed by atoms with Gasteiger partial charge in [0.1, 0.15) is 25.8 Å². The summed E-state index contributed by atoms with van der Waals surface area (Å²) in [4.78, 5) is 24.8. The second kappa shape index (κ2) is 7.48. The van der Waals surface area contributed by atoms with E-state index in [0.717, 1.165) is 0 Å². The minimum atomic E-state index is -1.64. The van der Waals surface area contributed by atoms with Gasteiger partial charge in [-0.2, -0.15) is 0 Å². The Morgan fingerprint density at radius 3 is 2.71 bits per heavy atom. The summed E-state index contributed by atoms with van der Waals surface area (Å²) in [5, 5.41) is 23.2. The molecule has 4 atom stereocenters. The first-order valence-electron chi connectivity index (χ1n) is 8.95. The number of hydrogen-bond donors (Lipinski definition) is 4. The normalized spacial score (nSPS) is 24.8. The molecule has 0 aliphatic carbocycles. The van der Waals surface area contributed by atoms with Crippen molar-refractivity contribution in [3.63, 3.8) is 0 Å². The third kappa shape index (κ3) is 3.85. The van der Waals surface area contributed by atoms with Crippen LogP contribution >= 0.6 is 0 Å². The summed E-state index contributed by atoms with van der Waals surface area (Å²) in [6.07, 6.45) is -3.62. The van der Waals surface area contributed by atoms with Crippen molar-refractivity contribution in [2.24, 2.45) is 0 Å². The average molecular weight is 405 g/mol. The fourth-order valence-electron chi connectivity index (χ4n) is 2.80. The Kier molecular flexibility index (Phi) is 5.40. The number of nitrogens with two attached hydrogens (primary N) is 1. The van der Waals surface area contributed by atoms with Crippen LogP contribution in [0.4, 0.5) is 5.82 Å². The van der Waals surface area contributed by atoms with Gasteiger partial charge in [0.15, 0.2) is 23.8 Å². The average Bonchev–Trinajstić information content (AvgIpc) is 3.15.